The Hall–Kier alpha value is -0.740. The minimum atomic E-state index is -0.870. The van der Waals surface area contributed by atoms with Gasteiger partial charge in [0.2, 0.25) is 0 Å². The average molecular weight is 234 g/mol. The summed E-state index contributed by atoms with van der Waals surface area (Å²) in [5.41, 5.74) is 0.0754. The third-order valence-corrected chi connectivity index (χ3v) is 3.03. The fraction of sp³-hybridized carbons (Fsp3) is 0.500. The van der Waals surface area contributed by atoms with Crippen LogP contribution in [0.15, 0.2) is 6.20 Å². The largest absolute Gasteiger partial charge is 0.396 e. The van der Waals surface area contributed by atoms with Gasteiger partial charge in [0.05, 0.1) is 18.5 Å². The lowest BCUT2D eigenvalue weighted by atomic mass is 10.00. The molecule has 1 N–H and O–H groups in total. The summed E-state index contributed by atoms with van der Waals surface area (Å²) in [5.74, 6) is -1.82. The van der Waals surface area contributed by atoms with Gasteiger partial charge in [0, 0.05) is 5.92 Å². The van der Waals surface area contributed by atoms with E-state index in [0.717, 1.165) is 19.0 Å². The van der Waals surface area contributed by atoms with Crippen molar-refractivity contribution in [2.24, 2.45) is 5.92 Å². The van der Waals surface area contributed by atoms with Crippen LogP contribution in [0, 0.1) is 17.6 Å². The third kappa shape index (κ3) is 1.96. The van der Waals surface area contributed by atoms with E-state index in [2.05, 4.69) is 4.98 Å². The molecule has 0 aliphatic heterocycles. The summed E-state index contributed by atoms with van der Waals surface area (Å²) in [4.78, 5) is 3.68. The van der Waals surface area contributed by atoms with Crippen molar-refractivity contribution >= 4 is 11.6 Å². The molecule has 0 radical (unpaired) electrons. The predicted octanol–water partition coefficient (Wildman–Crippen LogP) is 2.50. The average Bonchev–Trinajstić information content (AvgIpc) is 3.03. The molecule has 5 heteroatoms. The van der Waals surface area contributed by atoms with Gasteiger partial charge in [-0.25, -0.2) is 8.78 Å². The number of nitrogens with zero attached hydrogens (tertiary/aromatic N) is 1. The Kier molecular flexibility index (Phi) is 2.89. The van der Waals surface area contributed by atoms with E-state index in [4.69, 9.17) is 16.7 Å². The van der Waals surface area contributed by atoms with E-state index in [0.29, 0.717) is 0 Å². The van der Waals surface area contributed by atoms with Crippen LogP contribution in [0.2, 0.25) is 5.02 Å². The molecule has 1 aromatic heterocycles. The molecule has 1 saturated carbocycles. The summed E-state index contributed by atoms with van der Waals surface area (Å²) in [5, 5.41) is 8.59. The molecule has 2 rings (SSSR count). The van der Waals surface area contributed by atoms with Crippen LogP contribution in [0.1, 0.15) is 24.5 Å². The molecular weight excluding hydrogens is 224 g/mol. The van der Waals surface area contributed by atoms with Crippen LogP contribution in [-0.4, -0.2) is 16.7 Å². The van der Waals surface area contributed by atoms with Gasteiger partial charge < -0.3 is 5.11 Å². The van der Waals surface area contributed by atoms with E-state index in [-0.39, 0.29) is 24.1 Å². The summed E-state index contributed by atoms with van der Waals surface area (Å²) < 4.78 is 26.4. The monoisotopic (exact) mass is 233 g/mol. The predicted molar refractivity (Wildman–Crippen MR) is 51.7 cm³/mol. The number of aliphatic hydroxyl groups is 1. The molecule has 1 atom stereocenters. The van der Waals surface area contributed by atoms with Crippen molar-refractivity contribution in [1.82, 2.24) is 4.98 Å². The lowest BCUT2D eigenvalue weighted by Crippen LogP contribution is -2.11. The summed E-state index contributed by atoms with van der Waals surface area (Å²) in [6.45, 7) is -0.184. The zero-order valence-corrected chi connectivity index (χ0v) is 8.64. The van der Waals surface area contributed by atoms with Gasteiger partial charge in [0.15, 0.2) is 11.6 Å². The standard InChI is InChI=1S/C10H10ClF2NO/c11-8-7(12)3-14-10(9(8)13)6(4-15)5-1-2-5/h3,5-6,15H,1-2,4H2. The van der Waals surface area contributed by atoms with Crippen molar-refractivity contribution in [3.05, 3.63) is 28.5 Å². The van der Waals surface area contributed by atoms with Crippen molar-refractivity contribution in [3.8, 4) is 0 Å². The first-order chi connectivity index (χ1) is 7.15. The zero-order chi connectivity index (χ0) is 11.0. The van der Waals surface area contributed by atoms with Crippen molar-refractivity contribution in [2.75, 3.05) is 6.61 Å². The highest BCUT2D eigenvalue weighted by atomic mass is 35.5. The maximum absolute atomic E-state index is 13.5. The highest BCUT2D eigenvalue weighted by Gasteiger charge is 2.35. The van der Waals surface area contributed by atoms with Gasteiger partial charge >= 0.3 is 0 Å². The molecule has 1 heterocycles. The number of rotatable bonds is 3. The highest BCUT2D eigenvalue weighted by molar-refractivity contribution is 6.30. The molecule has 15 heavy (non-hydrogen) atoms. The fourth-order valence-corrected chi connectivity index (χ4v) is 1.82. The van der Waals surface area contributed by atoms with Crippen molar-refractivity contribution in [1.29, 1.82) is 0 Å². The number of hydrogen-bond acceptors (Lipinski definition) is 2. The first kappa shape index (κ1) is 10.8. The Labute approximate surface area is 90.9 Å². The molecule has 1 aliphatic carbocycles. The second-order valence-corrected chi connectivity index (χ2v) is 4.12. The molecule has 2 nitrogen and oxygen atoms in total. The molecule has 1 unspecified atom stereocenters. The molecule has 0 amide bonds. The van der Waals surface area contributed by atoms with E-state index < -0.39 is 16.7 Å². The summed E-state index contributed by atoms with van der Waals surface area (Å²) >= 11 is 5.44. The Morgan fingerprint density at radius 2 is 2.20 bits per heavy atom. The van der Waals surface area contributed by atoms with Crippen LogP contribution in [0.25, 0.3) is 0 Å². The van der Waals surface area contributed by atoms with E-state index in [1.165, 1.54) is 0 Å². The van der Waals surface area contributed by atoms with Gasteiger partial charge in [0.25, 0.3) is 0 Å². The van der Waals surface area contributed by atoms with Crippen LogP contribution in [0.5, 0.6) is 0 Å². The second kappa shape index (κ2) is 4.02. The lowest BCUT2D eigenvalue weighted by Gasteiger charge is -2.13. The fourth-order valence-electron chi connectivity index (χ4n) is 1.67. The Balaban J connectivity index is 2.38. The number of aromatic nitrogens is 1. The topological polar surface area (TPSA) is 33.1 Å². The Bertz CT molecular complexity index is 382. The first-order valence-electron chi connectivity index (χ1n) is 4.75. The van der Waals surface area contributed by atoms with E-state index in [9.17, 15) is 8.78 Å². The number of aliphatic hydroxyl groups excluding tert-OH is 1. The Morgan fingerprint density at radius 1 is 1.53 bits per heavy atom. The van der Waals surface area contributed by atoms with Crippen LogP contribution in [0.4, 0.5) is 8.78 Å². The van der Waals surface area contributed by atoms with Crippen LogP contribution < -0.4 is 0 Å². The summed E-state index contributed by atoms with van der Waals surface area (Å²) in [6, 6.07) is 0. The molecular formula is C10H10ClF2NO. The van der Waals surface area contributed by atoms with Gasteiger partial charge in [-0.1, -0.05) is 11.6 Å². The molecule has 1 aromatic rings. The molecule has 0 bridgehead atoms. The normalized spacial score (nSPS) is 17.9. The number of pyridine rings is 1. The molecule has 1 aliphatic rings. The van der Waals surface area contributed by atoms with E-state index in [1.54, 1.807) is 0 Å². The molecule has 82 valence electrons. The SMILES string of the molecule is OCC(c1ncc(F)c(Cl)c1F)C1CC1. The molecule has 1 fully saturated rings. The zero-order valence-electron chi connectivity index (χ0n) is 7.88. The van der Waals surface area contributed by atoms with Crippen LogP contribution in [-0.2, 0) is 0 Å². The van der Waals surface area contributed by atoms with Crippen LogP contribution in [0.3, 0.4) is 0 Å². The maximum Gasteiger partial charge on any atom is 0.166 e. The minimum absolute atomic E-state index is 0.0754. The highest BCUT2D eigenvalue weighted by Crippen LogP contribution is 2.43. The third-order valence-electron chi connectivity index (χ3n) is 2.68. The number of hydrogen-bond donors (Lipinski definition) is 1. The molecule has 0 aromatic carbocycles. The van der Waals surface area contributed by atoms with Gasteiger partial charge in [-0.15, -0.1) is 0 Å². The summed E-state index contributed by atoms with van der Waals surface area (Å²) in [6.07, 6.45) is 2.79. The van der Waals surface area contributed by atoms with Gasteiger partial charge in [-0.3, -0.25) is 4.98 Å². The maximum atomic E-state index is 13.5. The first-order valence-corrected chi connectivity index (χ1v) is 5.13. The van der Waals surface area contributed by atoms with Crippen molar-refractivity contribution < 1.29 is 13.9 Å². The quantitative estimate of drug-likeness (QED) is 0.870. The van der Waals surface area contributed by atoms with E-state index in [1.807, 2.05) is 0 Å². The van der Waals surface area contributed by atoms with Crippen LogP contribution >= 0.6 is 11.6 Å². The second-order valence-electron chi connectivity index (χ2n) is 3.75. The smallest absolute Gasteiger partial charge is 0.166 e. The van der Waals surface area contributed by atoms with Crippen molar-refractivity contribution in [2.45, 2.75) is 18.8 Å². The number of halogens is 3. The van der Waals surface area contributed by atoms with Gasteiger partial charge in [0.1, 0.15) is 5.02 Å². The Morgan fingerprint density at radius 3 is 2.73 bits per heavy atom. The van der Waals surface area contributed by atoms with Crippen molar-refractivity contribution in [3.63, 3.8) is 0 Å². The lowest BCUT2D eigenvalue weighted by molar-refractivity contribution is 0.247. The van der Waals surface area contributed by atoms with E-state index >= 15 is 0 Å². The molecule has 0 spiro atoms. The summed E-state index contributed by atoms with van der Waals surface area (Å²) in [7, 11) is 0. The molecule has 0 saturated heterocycles. The van der Waals surface area contributed by atoms with Gasteiger partial charge in [-0.05, 0) is 18.8 Å². The van der Waals surface area contributed by atoms with Gasteiger partial charge in [-0.2, -0.15) is 0 Å². The minimum Gasteiger partial charge on any atom is -0.396 e.